The molecule has 3 fully saturated rings. The fourth-order valence-electron chi connectivity index (χ4n) is 4.96. The molecule has 3 heteroatoms. The number of ether oxygens (including phenoxy) is 1. The standard InChI is InChI=1S/C21H30N2O/c1-16-10-11-19(17(2)14-16)22-20-23(18-8-4-3-5-9-18)21(15-24-20)12-6-7-13-21/h10-11,14,18H,3-9,12-13,15H2,1-2H3. The van der Waals surface area contributed by atoms with Crippen LogP contribution in [0.4, 0.5) is 5.69 Å². The molecule has 24 heavy (non-hydrogen) atoms. The van der Waals surface area contributed by atoms with Crippen molar-refractivity contribution in [3.63, 3.8) is 0 Å². The summed E-state index contributed by atoms with van der Waals surface area (Å²) in [5.74, 6) is 0. The summed E-state index contributed by atoms with van der Waals surface area (Å²) in [4.78, 5) is 7.62. The Labute approximate surface area is 146 Å². The summed E-state index contributed by atoms with van der Waals surface area (Å²) in [7, 11) is 0. The average Bonchev–Trinajstić information content (AvgIpc) is 3.19. The second-order valence-electron chi connectivity index (χ2n) is 8.07. The van der Waals surface area contributed by atoms with E-state index in [1.807, 2.05) is 0 Å². The summed E-state index contributed by atoms with van der Waals surface area (Å²) in [6, 6.07) is 8.03. The van der Waals surface area contributed by atoms with Crippen molar-refractivity contribution in [1.29, 1.82) is 0 Å². The van der Waals surface area contributed by atoms with Gasteiger partial charge in [-0.05, 0) is 51.2 Å². The van der Waals surface area contributed by atoms with Gasteiger partial charge >= 0.3 is 0 Å². The van der Waals surface area contributed by atoms with Crippen LogP contribution in [0.1, 0.15) is 68.9 Å². The van der Waals surface area contributed by atoms with Crippen LogP contribution < -0.4 is 0 Å². The molecule has 1 aliphatic heterocycles. The Kier molecular flexibility index (Phi) is 4.28. The number of hydrogen-bond acceptors (Lipinski definition) is 2. The molecule has 4 rings (SSSR count). The second kappa shape index (κ2) is 6.42. The molecule has 0 unspecified atom stereocenters. The number of benzene rings is 1. The van der Waals surface area contributed by atoms with Gasteiger partial charge in [-0.1, -0.05) is 49.8 Å². The Morgan fingerprint density at radius 3 is 2.50 bits per heavy atom. The Bertz CT molecular complexity index is 625. The molecule has 2 aliphatic carbocycles. The zero-order chi connectivity index (χ0) is 16.6. The molecular weight excluding hydrogens is 296 g/mol. The van der Waals surface area contributed by atoms with Crippen LogP contribution in [0.2, 0.25) is 0 Å². The molecule has 1 heterocycles. The highest BCUT2D eigenvalue weighted by atomic mass is 16.5. The molecule has 3 aliphatic rings. The first kappa shape index (κ1) is 16.0. The van der Waals surface area contributed by atoms with E-state index in [1.165, 1.54) is 68.9 Å². The molecule has 1 aromatic rings. The second-order valence-corrected chi connectivity index (χ2v) is 8.07. The van der Waals surface area contributed by atoms with Gasteiger partial charge in [0.25, 0.3) is 6.02 Å². The Hall–Kier alpha value is -1.51. The maximum absolute atomic E-state index is 6.22. The summed E-state index contributed by atoms with van der Waals surface area (Å²) < 4.78 is 6.22. The van der Waals surface area contributed by atoms with Crippen LogP contribution >= 0.6 is 0 Å². The highest BCUT2D eigenvalue weighted by Crippen LogP contribution is 2.44. The number of aryl methyl sites for hydroxylation is 2. The first-order valence-corrected chi connectivity index (χ1v) is 9.76. The summed E-state index contributed by atoms with van der Waals surface area (Å²) in [6.45, 7) is 5.13. The van der Waals surface area contributed by atoms with Gasteiger partial charge < -0.3 is 9.64 Å². The van der Waals surface area contributed by atoms with Gasteiger partial charge in [0.15, 0.2) is 0 Å². The van der Waals surface area contributed by atoms with Crippen molar-refractivity contribution in [2.24, 2.45) is 4.99 Å². The first-order valence-electron chi connectivity index (χ1n) is 9.76. The molecule has 3 nitrogen and oxygen atoms in total. The van der Waals surface area contributed by atoms with E-state index in [0.29, 0.717) is 6.04 Å². The number of rotatable bonds is 2. The van der Waals surface area contributed by atoms with Gasteiger partial charge in [-0.25, -0.2) is 0 Å². The van der Waals surface area contributed by atoms with Gasteiger partial charge in [-0.2, -0.15) is 4.99 Å². The van der Waals surface area contributed by atoms with Crippen molar-refractivity contribution < 1.29 is 4.74 Å². The van der Waals surface area contributed by atoms with Crippen molar-refractivity contribution in [3.8, 4) is 0 Å². The lowest BCUT2D eigenvalue weighted by atomic mass is 9.89. The zero-order valence-corrected chi connectivity index (χ0v) is 15.2. The van der Waals surface area contributed by atoms with Gasteiger partial charge in [-0.15, -0.1) is 0 Å². The van der Waals surface area contributed by atoms with E-state index in [9.17, 15) is 0 Å². The van der Waals surface area contributed by atoms with Crippen molar-refractivity contribution in [3.05, 3.63) is 29.3 Å². The lowest BCUT2D eigenvalue weighted by Crippen LogP contribution is -2.51. The Morgan fingerprint density at radius 2 is 1.79 bits per heavy atom. The maximum atomic E-state index is 6.22. The van der Waals surface area contributed by atoms with E-state index in [0.717, 1.165) is 18.3 Å². The van der Waals surface area contributed by atoms with E-state index in [-0.39, 0.29) is 5.54 Å². The number of amidine groups is 1. The molecule has 0 aromatic heterocycles. The Balaban J connectivity index is 1.68. The van der Waals surface area contributed by atoms with Crippen molar-refractivity contribution in [2.45, 2.75) is 83.2 Å². The van der Waals surface area contributed by atoms with Gasteiger partial charge in [0.1, 0.15) is 6.61 Å². The number of aliphatic imine (C=N–C) groups is 1. The largest absolute Gasteiger partial charge is 0.462 e. The van der Waals surface area contributed by atoms with E-state index in [2.05, 4.69) is 36.9 Å². The van der Waals surface area contributed by atoms with Gasteiger partial charge in [0.2, 0.25) is 0 Å². The minimum atomic E-state index is 0.236. The normalized spacial score (nSPS) is 25.6. The molecule has 0 atom stereocenters. The lowest BCUT2D eigenvalue weighted by Gasteiger charge is -2.41. The highest BCUT2D eigenvalue weighted by Gasteiger charge is 2.50. The van der Waals surface area contributed by atoms with Crippen LogP contribution in [0.3, 0.4) is 0 Å². The van der Waals surface area contributed by atoms with E-state index in [4.69, 9.17) is 9.73 Å². The quantitative estimate of drug-likeness (QED) is 0.739. The smallest absolute Gasteiger partial charge is 0.293 e. The topological polar surface area (TPSA) is 24.8 Å². The third kappa shape index (κ3) is 2.82. The predicted molar refractivity (Wildman–Crippen MR) is 98.9 cm³/mol. The third-order valence-corrected chi connectivity index (χ3v) is 6.23. The Morgan fingerprint density at radius 1 is 1.04 bits per heavy atom. The number of hydrogen-bond donors (Lipinski definition) is 0. The fraction of sp³-hybridized carbons (Fsp3) is 0.667. The van der Waals surface area contributed by atoms with E-state index >= 15 is 0 Å². The summed E-state index contributed by atoms with van der Waals surface area (Å²) in [6.07, 6.45) is 11.9. The molecule has 0 amide bonds. The van der Waals surface area contributed by atoms with E-state index < -0.39 is 0 Å². The molecule has 1 saturated heterocycles. The summed E-state index contributed by atoms with van der Waals surface area (Å²) >= 11 is 0. The molecular formula is C21H30N2O. The highest BCUT2D eigenvalue weighted by molar-refractivity contribution is 5.81. The van der Waals surface area contributed by atoms with Crippen LogP contribution in [0.15, 0.2) is 23.2 Å². The van der Waals surface area contributed by atoms with Crippen LogP contribution in [0, 0.1) is 13.8 Å². The van der Waals surface area contributed by atoms with Gasteiger partial charge in [-0.3, -0.25) is 0 Å². The van der Waals surface area contributed by atoms with Crippen LogP contribution in [-0.4, -0.2) is 29.1 Å². The average molecular weight is 326 g/mol. The van der Waals surface area contributed by atoms with Gasteiger partial charge in [0.05, 0.1) is 11.2 Å². The molecule has 0 bridgehead atoms. The SMILES string of the molecule is Cc1ccc(N=C2OCC3(CCCC3)N2C2CCCCC2)c(C)c1. The summed E-state index contributed by atoms with van der Waals surface area (Å²) in [5, 5.41) is 0. The molecule has 2 saturated carbocycles. The van der Waals surface area contributed by atoms with Gasteiger partial charge in [0, 0.05) is 6.04 Å². The van der Waals surface area contributed by atoms with Crippen molar-refractivity contribution in [1.82, 2.24) is 4.90 Å². The molecule has 1 aromatic carbocycles. The zero-order valence-electron chi connectivity index (χ0n) is 15.2. The number of nitrogens with zero attached hydrogens (tertiary/aromatic N) is 2. The molecule has 0 N–H and O–H groups in total. The predicted octanol–water partition coefficient (Wildman–Crippen LogP) is 5.27. The minimum absolute atomic E-state index is 0.236. The lowest BCUT2D eigenvalue weighted by molar-refractivity contribution is 0.123. The summed E-state index contributed by atoms with van der Waals surface area (Å²) in [5.41, 5.74) is 3.83. The maximum Gasteiger partial charge on any atom is 0.293 e. The molecule has 130 valence electrons. The van der Waals surface area contributed by atoms with Crippen LogP contribution in [0.25, 0.3) is 0 Å². The first-order chi connectivity index (χ1) is 11.7. The van der Waals surface area contributed by atoms with Crippen molar-refractivity contribution >= 4 is 11.7 Å². The van der Waals surface area contributed by atoms with Crippen LogP contribution in [-0.2, 0) is 4.74 Å². The van der Waals surface area contributed by atoms with E-state index in [1.54, 1.807) is 0 Å². The molecule has 0 radical (unpaired) electrons. The van der Waals surface area contributed by atoms with Crippen LogP contribution in [0.5, 0.6) is 0 Å². The molecule has 1 spiro atoms. The fourth-order valence-corrected chi connectivity index (χ4v) is 4.96. The third-order valence-electron chi connectivity index (χ3n) is 6.23. The van der Waals surface area contributed by atoms with Crippen molar-refractivity contribution in [2.75, 3.05) is 6.61 Å². The monoisotopic (exact) mass is 326 g/mol. The minimum Gasteiger partial charge on any atom is -0.462 e.